The van der Waals surface area contributed by atoms with E-state index in [4.69, 9.17) is 8.92 Å². The molecule has 0 radical (unpaired) electrons. The molecule has 0 unspecified atom stereocenters. The standard InChI is InChI=1S/C22H28BrNO6S2/c1-15-11-21(29-4)16(2)17(3)22(15)32(27,28)24-20(12-18-9-7-6-8-10-18)13-19(23)14-30-31(5,25)26/h6-11,13,20,24H,12,14H2,1-5H3/b19-13-/t20-/m0/s1. The zero-order valence-corrected chi connectivity index (χ0v) is 21.9. The van der Waals surface area contributed by atoms with Crippen LogP contribution >= 0.6 is 15.9 Å². The van der Waals surface area contributed by atoms with E-state index in [2.05, 4.69) is 20.7 Å². The van der Waals surface area contributed by atoms with E-state index in [-0.39, 0.29) is 11.5 Å². The van der Waals surface area contributed by atoms with Crippen LogP contribution in [0, 0.1) is 20.8 Å². The molecule has 1 atom stereocenters. The van der Waals surface area contributed by atoms with Gasteiger partial charge in [0.05, 0.1) is 24.9 Å². The summed E-state index contributed by atoms with van der Waals surface area (Å²) in [5.74, 6) is 0.625. The first-order valence-electron chi connectivity index (χ1n) is 9.75. The highest BCUT2D eigenvalue weighted by atomic mass is 79.9. The van der Waals surface area contributed by atoms with Crippen LogP contribution < -0.4 is 9.46 Å². The topological polar surface area (TPSA) is 98.8 Å². The smallest absolute Gasteiger partial charge is 0.264 e. The maximum atomic E-state index is 13.4. The normalized spacial score (nSPS) is 13.8. The molecule has 32 heavy (non-hydrogen) atoms. The second kappa shape index (κ2) is 10.9. The molecule has 0 saturated heterocycles. The van der Waals surface area contributed by atoms with Crippen LogP contribution in [0.25, 0.3) is 0 Å². The summed E-state index contributed by atoms with van der Waals surface area (Å²) >= 11 is 3.29. The number of sulfonamides is 1. The Labute approximate surface area is 199 Å². The van der Waals surface area contributed by atoms with Crippen LogP contribution in [0.1, 0.15) is 22.3 Å². The van der Waals surface area contributed by atoms with Crippen LogP contribution in [0.5, 0.6) is 5.75 Å². The maximum Gasteiger partial charge on any atom is 0.264 e. The SMILES string of the molecule is COc1cc(C)c(S(=O)(=O)N[C@H](/C=C(\Br)COS(C)(=O)=O)Cc2ccccc2)c(C)c1C. The predicted molar refractivity (Wildman–Crippen MR) is 129 cm³/mol. The Balaban J connectivity index is 2.43. The fourth-order valence-electron chi connectivity index (χ4n) is 3.34. The van der Waals surface area contributed by atoms with Crippen LogP contribution in [0.15, 0.2) is 51.9 Å². The van der Waals surface area contributed by atoms with E-state index in [0.29, 0.717) is 27.8 Å². The molecular weight excluding hydrogens is 518 g/mol. The summed E-state index contributed by atoms with van der Waals surface area (Å²) in [6, 6.07) is 10.5. The molecule has 0 amide bonds. The Morgan fingerprint density at radius 3 is 2.28 bits per heavy atom. The first-order chi connectivity index (χ1) is 14.8. The van der Waals surface area contributed by atoms with Crippen molar-refractivity contribution < 1.29 is 25.8 Å². The van der Waals surface area contributed by atoms with Gasteiger partial charge >= 0.3 is 0 Å². The number of hydrogen-bond donors (Lipinski definition) is 1. The Morgan fingerprint density at radius 1 is 1.09 bits per heavy atom. The number of nitrogens with one attached hydrogen (secondary N) is 1. The number of hydrogen-bond acceptors (Lipinski definition) is 6. The minimum absolute atomic E-state index is 0.200. The summed E-state index contributed by atoms with van der Waals surface area (Å²) in [6.45, 7) is 5.05. The molecule has 0 fully saturated rings. The maximum absolute atomic E-state index is 13.4. The molecule has 10 heteroatoms. The van der Waals surface area contributed by atoms with Crippen molar-refractivity contribution in [2.45, 2.75) is 38.1 Å². The average Bonchev–Trinajstić information content (AvgIpc) is 2.69. The number of methoxy groups -OCH3 is 1. The lowest BCUT2D eigenvalue weighted by Gasteiger charge is -2.20. The van der Waals surface area contributed by atoms with E-state index in [1.165, 1.54) is 0 Å². The zero-order chi connectivity index (χ0) is 24.1. The van der Waals surface area contributed by atoms with Gasteiger partial charge in [-0.1, -0.05) is 52.3 Å². The molecule has 176 valence electrons. The summed E-state index contributed by atoms with van der Waals surface area (Å²) in [6.07, 6.45) is 2.92. The summed E-state index contributed by atoms with van der Waals surface area (Å²) in [5, 5.41) is 0. The van der Waals surface area contributed by atoms with Crippen LogP contribution in [0.2, 0.25) is 0 Å². The van der Waals surface area contributed by atoms with Crippen LogP contribution in [-0.2, 0) is 30.7 Å². The third-order valence-corrected chi connectivity index (χ3v) is 7.68. The summed E-state index contributed by atoms with van der Waals surface area (Å²) < 4.78 is 62.7. The predicted octanol–water partition coefficient (Wildman–Crippen LogP) is 3.77. The summed E-state index contributed by atoms with van der Waals surface area (Å²) in [5.41, 5.74) is 2.84. The van der Waals surface area contributed by atoms with Gasteiger partial charge in [-0.25, -0.2) is 13.1 Å². The largest absolute Gasteiger partial charge is 0.496 e. The van der Waals surface area contributed by atoms with Gasteiger partial charge in [0.25, 0.3) is 10.1 Å². The number of ether oxygens (including phenoxy) is 1. The van der Waals surface area contributed by atoms with Crippen LogP contribution in [0.3, 0.4) is 0 Å². The van der Waals surface area contributed by atoms with Gasteiger partial charge in [0.2, 0.25) is 10.0 Å². The highest BCUT2D eigenvalue weighted by Crippen LogP contribution is 2.30. The van der Waals surface area contributed by atoms with Crippen molar-refractivity contribution in [2.24, 2.45) is 0 Å². The molecule has 2 aromatic rings. The Morgan fingerprint density at radius 2 is 1.72 bits per heavy atom. The van der Waals surface area contributed by atoms with Gasteiger partial charge in [-0.15, -0.1) is 0 Å². The molecule has 7 nitrogen and oxygen atoms in total. The Hall–Kier alpha value is -1.72. The number of halogens is 1. The number of benzene rings is 2. The average molecular weight is 547 g/mol. The highest BCUT2D eigenvalue weighted by molar-refractivity contribution is 9.11. The van der Waals surface area contributed by atoms with E-state index in [0.717, 1.165) is 17.4 Å². The van der Waals surface area contributed by atoms with Gasteiger partial charge in [0.1, 0.15) is 5.75 Å². The fraction of sp³-hybridized carbons (Fsp3) is 0.364. The Kier molecular flexibility index (Phi) is 9.06. The summed E-state index contributed by atoms with van der Waals surface area (Å²) in [7, 11) is -6.00. The van der Waals surface area contributed by atoms with Crippen molar-refractivity contribution in [2.75, 3.05) is 20.0 Å². The molecule has 0 aromatic heterocycles. The van der Waals surface area contributed by atoms with Crippen molar-refractivity contribution in [1.29, 1.82) is 0 Å². The lowest BCUT2D eigenvalue weighted by molar-refractivity contribution is 0.359. The number of rotatable bonds is 10. The lowest BCUT2D eigenvalue weighted by Crippen LogP contribution is -2.36. The molecule has 0 aliphatic rings. The molecule has 2 rings (SSSR count). The third-order valence-electron chi connectivity index (χ3n) is 4.86. The van der Waals surface area contributed by atoms with Crippen LogP contribution in [0.4, 0.5) is 0 Å². The number of aryl methyl sites for hydroxylation is 1. The van der Waals surface area contributed by atoms with Crippen molar-refractivity contribution >= 4 is 36.1 Å². The highest BCUT2D eigenvalue weighted by Gasteiger charge is 2.25. The molecule has 0 heterocycles. The van der Waals surface area contributed by atoms with Gasteiger partial charge < -0.3 is 4.74 Å². The molecule has 2 aromatic carbocycles. The van der Waals surface area contributed by atoms with Crippen LogP contribution in [-0.4, -0.2) is 42.8 Å². The molecular formula is C22H28BrNO6S2. The van der Waals surface area contributed by atoms with E-state index in [1.54, 1.807) is 33.1 Å². The molecule has 0 aliphatic heterocycles. The van der Waals surface area contributed by atoms with Gasteiger partial charge in [-0.3, -0.25) is 4.18 Å². The first-order valence-corrected chi connectivity index (χ1v) is 13.8. The monoisotopic (exact) mass is 545 g/mol. The minimum Gasteiger partial charge on any atom is -0.496 e. The fourth-order valence-corrected chi connectivity index (χ4v) is 5.97. The van der Waals surface area contributed by atoms with Gasteiger partial charge in [0, 0.05) is 10.5 Å². The van der Waals surface area contributed by atoms with Crippen molar-refractivity contribution in [3.63, 3.8) is 0 Å². The minimum atomic E-state index is -3.91. The third kappa shape index (κ3) is 7.41. The molecule has 0 aliphatic carbocycles. The molecule has 0 spiro atoms. The van der Waals surface area contributed by atoms with Gasteiger partial charge in [-0.05, 0) is 55.5 Å². The van der Waals surface area contributed by atoms with Gasteiger partial charge in [0.15, 0.2) is 0 Å². The van der Waals surface area contributed by atoms with Gasteiger partial charge in [-0.2, -0.15) is 8.42 Å². The quantitative estimate of drug-likeness (QED) is 0.456. The molecule has 0 saturated carbocycles. The van der Waals surface area contributed by atoms with E-state index < -0.39 is 26.2 Å². The van der Waals surface area contributed by atoms with Crippen molar-refractivity contribution in [3.8, 4) is 5.75 Å². The van der Waals surface area contributed by atoms with E-state index in [9.17, 15) is 16.8 Å². The van der Waals surface area contributed by atoms with E-state index >= 15 is 0 Å². The second-order valence-corrected chi connectivity index (χ2v) is 11.8. The summed E-state index contributed by atoms with van der Waals surface area (Å²) in [4.78, 5) is 0.200. The zero-order valence-electron chi connectivity index (χ0n) is 18.7. The van der Waals surface area contributed by atoms with Crippen molar-refractivity contribution in [1.82, 2.24) is 4.72 Å². The molecule has 0 bridgehead atoms. The Bertz CT molecular complexity index is 1190. The second-order valence-electron chi connectivity index (χ2n) is 7.47. The first kappa shape index (κ1) is 26.5. The van der Waals surface area contributed by atoms with E-state index in [1.807, 2.05) is 37.3 Å². The lowest BCUT2D eigenvalue weighted by atomic mass is 10.1. The molecule has 1 N–H and O–H groups in total. The van der Waals surface area contributed by atoms with Crippen molar-refractivity contribution in [3.05, 3.63) is 69.2 Å².